The van der Waals surface area contributed by atoms with E-state index in [1.54, 1.807) is 12.1 Å². The quantitative estimate of drug-likeness (QED) is 0.869. The minimum Gasteiger partial charge on any atom is -0.491 e. The Morgan fingerprint density at radius 2 is 2.10 bits per heavy atom. The maximum atomic E-state index is 12.8. The Morgan fingerprint density at radius 3 is 2.81 bits per heavy atom. The zero-order valence-electron chi connectivity index (χ0n) is 13.3. The fourth-order valence-corrected chi connectivity index (χ4v) is 2.83. The van der Waals surface area contributed by atoms with Crippen molar-refractivity contribution in [1.29, 1.82) is 0 Å². The molecule has 1 saturated heterocycles. The van der Waals surface area contributed by atoms with Crippen molar-refractivity contribution in [2.24, 2.45) is 5.41 Å². The molecule has 4 nitrogen and oxygen atoms in total. The van der Waals surface area contributed by atoms with Crippen LogP contribution in [0, 0.1) is 5.41 Å². The van der Waals surface area contributed by atoms with Crippen LogP contribution in [0.4, 0.5) is 5.69 Å². The average molecular weight is 290 g/mol. The molecule has 0 radical (unpaired) electrons. The molecule has 2 rings (SSSR count). The number of rotatable bonds is 3. The van der Waals surface area contributed by atoms with Crippen LogP contribution in [-0.4, -0.2) is 30.5 Å². The van der Waals surface area contributed by atoms with E-state index >= 15 is 0 Å². The summed E-state index contributed by atoms with van der Waals surface area (Å²) in [6.45, 7) is 8.55. The van der Waals surface area contributed by atoms with Gasteiger partial charge in [0.25, 0.3) is 5.91 Å². The van der Waals surface area contributed by atoms with Gasteiger partial charge in [-0.25, -0.2) is 0 Å². The molecule has 21 heavy (non-hydrogen) atoms. The number of benzene rings is 1. The van der Waals surface area contributed by atoms with Crippen LogP contribution in [-0.2, 0) is 0 Å². The number of nitrogens with zero attached hydrogens (tertiary/aromatic N) is 1. The highest BCUT2D eigenvalue weighted by atomic mass is 16.5. The molecule has 1 heterocycles. The van der Waals surface area contributed by atoms with Gasteiger partial charge in [-0.2, -0.15) is 0 Å². The van der Waals surface area contributed by atoms with Crippen molar-refractivity contribution in [2.45, 2.75) is 40.0 Å². The Balaban J connectivity index is 2.22. The zero-order chi connectivity index (χ0) is 15.5. The lowest BCUT2D eigenvalue weighted by atomic mass is 9.85. The number of hydrogen-bond donors (Lipinski definition) is 1. The number of carbonyl (C=O) groups excluding carboxylic acids is 1. The summed E-state index contributed by atoms with van der Waals surface area (Å²) in [5.74, 6) is 0.553. The van der Waals surface area contributed by atoms with E-state index in [1.807, 2.05) is 17.9 Å². The first-order valence-corrected chi connectivity index (χ1v) is 7.75. The molecule has 1 aromatic rings. The molecule has 0 saturated carbocycles. The van der Waals surface area contributed by atoms with Crippen LogP contribution in [0.2, 0.25) is 0 Å². The number of nitrogen functional groups attached to an aromatic ring is 1. The Bertz CT molecular complexity index is 512. The fourth-order valence-electron chi connectivity index (χ4n) is 2.83. The van der Waals surface area contributed by atoms with Gasteiger partial charge < -0.3 is 15.4 Å². The molecule has 1 fully saturated rings. The van der Waals surface area contributed by atoms with Gasteiger partial charge in [0.2, 0.25) is 0 Å². The minimum atomic E-state index is 0.0310. The maximum absolute atomic E-state index is 12.8. The lowest BCUT2D eigenvalue weighted by Crippen LogP contribution is -2.32. The molecule has 1 aromatic carbocycles. The standard InChI is InChI=1S/C17H26N2O2/c1-4-21-15-13(7-5-8-14(15)18)16(20)19-11-6-9-17(2,3)10-12-19/h5,7-8H,4,6,9-12,18H2,1-3H3. The lowest BCUT2D eigenvalue weighted by molar-refractivity contribution is 0.0753. The second kappa shape index (κ2) is 6.37. The molecule has 0 bridgehead atoms. The van der Waals surface area contributed by atoms with Crippen molar-refractivity contribution in [1.82, 2.24) is 4.90 Å². The molecule has 0 spiro atoms. The molecule has 0 aromatic heterocycles. The zero-order valence-corrected chi connectivity index (χ0v) is 13.3. The summed E-state index contributed by atoms with van der Waals surface area (Å²) in [4.78, 5) is 14.7. The summed E-state index contributed by atoms with van der Waals surface area (Å²) in [5, 5.41) is 0. The van der Waals surface area contributed by atoms with Crippen LogP contribution in [0.5, 0.6) is 5.75 Å². The van der Waals surface area contributed by atoms with E-state index < -0.39 is 0 Å². The highest BCUT2D eigenvalue weighted by molar-refractivity contribution is 5.98. The number of anilines is 1. The second-order valence-electron chi connectivity index (χ2n) is 6.47. The third kappa shape index (κ3) is 3.69. The van der Waals surface area contributed by atoms with Crippen LogP contribution in [0.1, 0.15) is 50.4 Å². The Kier molecular flexibility index (Phi) is 4.76. The van der Waals surface area contributed by atoms with Gasteiger partial charge in [0.1, 0.15) is 0 Å². The molecule has 1 aliphatic heterocycles. The topological polar surface area (TPSA) is 55.6 Å². The summed E-state index contributed by atoms with van der Waals surface area (Å²) in [6, 6.07) is 5.39. The smallest absolute Gasteiger partial charge is 0.257 e. The van der Waals surface area contributed by atoms with Crippen LogP contribution in [0.25, 0.3) is 0 Å². The predicted molar refractivity (Wildman–Crippen MR) is 85.6 cm³/mol. The monoisotopic (exact) mass is 290 g/mol. The van der Waals surface area contributed by atoms with Crippen LogP contribution >= 0.6 is 0 Å². The fraction of sp³-hybridized carbons (Fsp3) is 0.588. The van der Waals surface area contributed by atoms with E-state index in [0.717, 1.165) is 32.4 Å². The van der Waals surface area contributed by atoms with Crippen molar-refractivity contribution in [3.8, 4) is 5.75 Å². The average Bonchev–Trinajstić information content (AvgIpc) is 2.61. The molecule has 0 atom stereocenters. The highest BCUT2D eigenvalue weighted by Gasteiger charge is 2.27. The van der Waals surface area contributed by atoms with Gasteiger partial charge >= 0.3 is 0 Å². The lowest BCUT2D eigenvalue weighted by Gasteiger charge is -2.24. The number of para-hydroxylation sites is 1. The largest absolute Gasteiger partial charge is 0.491 e. The van der Waals surface area contributed by atoms with Crippen molar-refractivity contribution >= 4 is 11.6 Å². The van der Waals surface area contributed by atoms with Crippen molar-refractivity contribution < 1.29 is 9.53 Å². The molecular weight excluding hydrogens is 264 g/mol. The number of carbonyl (C=O) groups is 1. The Labute approximate surface area is 127 Å². The Hall–Kier alpha value is -1.71. The second-order valence-corrected chi connectivity index (χ2v) is 6.47. The van der Waals surface area contributed by atoms with Crippen LogP contribution in [0.3, 0.4) is 0 Å². The first kappa shape index (κ1) is 15.7. The predicted octanol–water partition coefficient (Wildman–Crippen LogP) is 3.32. The van der Waals surface area contributed by atoms with E-state index in [-0.39, 0.29) is 5.91 Å². The van der Waals surface area contributed by atoms with E-state index in [4.69, 9.17) is 10.5 Å². The molecule has 1 aliphatic rings. The van der Waals surface area contributed by atoms with Gasteiger partial charge in [-0.05, 0) is 43.7 Å². The normalized spacial score (nSPS) is 18.1. The maximum Gasteiger partial charge on any atom is 0.257 e. The van der Waals surface area contributed by atoms with Gasteiger partial charge in [0, 0.05) is 13.1 Å². The molecule has 2 N–H and O–H groups in total. The molecule has 1 amide bonds. The van der Waals surface area contributed by atoms with Gasteiger partial charge in [-0.3, -0.25) is 4.79 Å². The van der Waals surface area contributed by atoms with E-state index in [9.17, 15) is 4.79 Å². The number of likely N-dealkylation sites (tertiary alicyclic amines) is 1. The first-order valence-electron chi connectivity index (χ1n) is 7.75. The molecule has 0 aliphatic carbocycles. The summed E-state index contributed by atoms with van der Waals surface area (Å²) in [6.07, 6.45) is 3.24. The summed E-state index contributed by atoms with van der Waals surface area (Å²) in [5.41, 5.74) is 7.37. The van der Waals surface area contributed by atoms with Crippen molar-refractivity contribution in [3.05, 3.63) is 23.8 Å². The highest BCUT2D eigenvalue weighted by Crippen LogP contribution is 2.32. The van der Waals surface area contributed by atoms with Gasteiger partial charge in [0.05, 0.1) is 17.9 Å². The van der Waals surface area contributed by atoms with Crippen molar-refractivity contribution in [2.75, 3.05) is 25.4 Å². The van der Waals surface area contributed by atoms with Gasteiger partial charge in [-0.1, -0.05) is 19.9 Å². The molecular formula is C17H26N2O2. The van der Waals surface area contributed by atoms with Gasteiger partial charge in [0.15, 0.2) is 5.75 Å². The van der Waals surface area contributed by atoms with Crippen LogP contribution < -0.4 is 10.5 Å². The molecule has 0 unspecified atom stereocenters. The van der Waals surface area contributed by atoms with E-state index in [1.165, 1.54) is 0 Å². The van der Waals surface area contributed by atoms with E-state index in [2.05, 4.69) is 13.8 Å². The first-order chi connectivity index (χ1) is 9.94. The van der Waals surface area contributed by atoms with Gasteiger partial charge in [-0.15, -0.1) is 0 Å². The summed E-state index contributed by atoms with van der Waals surface area (Å²) >= 11 is 0. The number of nitrogens with two attached hydrogens (primary N) is 1. The SMILES string of the molecule is CCOc1c(N)cccc1C(=O)N1CCCC(C)(C)CC1. The third-order valence-electron chi connectivity index (χ3n) is 4.19. The molecule has 4 heteroatoms. The third-order valence-corrected chi connectivity index (χ3v) is 4.19. The minimum absolute atomic E-state index is 0.0310. The molecule has 116 valence electrons. The van der Waals surface area contributed by atoms with E-state index in [0.29, 0.717) is 29.0 Å². The summed E-state index contributed by atoms with van der Waals surface area (Å²) in [7, 11) is 0. The number of amides is 1. The summed E-state index contributed by atoms with van der Waals surface area (Å²) < 4.78 is 5.58. The van der Waals surface area contributed by atoms with Crippen molar-refractivity contribution in [3.63, 3.8) is 0 Å². The number of hydrogen-bond acceptors (Lipinski definition) is 3. The Morgan fingerprint density at radius 1 is 1.33 bits per heavy atom. The number of ether oxygens (including phenoxy) is 1. The van der Waals surface area contributed by atoms with Crippen LogP contribution in [0.15, 0.2) is 18.2 Å².